The highest BCUT2D eigenvalue weighted by Crippen LogP contribution is 2.15. The zero-order valence-electron chi connectivity index (χ0n) is 9.48. The van der Waals surface area contributed by atoms with Crippen molar-refractivity contribution in [3.8, 4) is 0 Å². The molecule has 0 radical (unpaired) electrons. The molecule has 2 N–H and O–H groups in total. The molecule has 1 rings (SSSR count). The van der Waals surface area contributed by atoms with Gasteiger partial charge in [-0.05, 0) is 31.5 Å². The Kier molecular flexibility index (Phi) is 4.31. The first-order chi connectivity index (χ1) is 7.19. The highest BCUT2D eigenvalue weighted by atomic mass is 15.2. The summed E-state index contributed by atoms with van der Waals surface area (Å²) in [5.41, 5.74) is 6.71. The average molecular weight is 205 g/mol. The van der Waals surface area contributed by atoms with Gasteiger partial charge in [0.15, 0.2) is 0 Å². The van der Waals surface area contributed by atoms with Crippen LogP contribution in [-0.4, -0.2) is 17.6 Å². The van der Waals surface area contributed by atoms with Crippen molar-refractivity contribution in [1.82, 2.24) is 4.98 Å². The number of nitrogens with zero attached hydrogens (tertiary/aromatic N) is 2. The van der Waals surface area contributed by atoms with Gasteiger partial charge in [0, 0.05) is 25.3 Å². The van der Waals surface area contributed by atoms with Gasteiger partial charge in [-0.1, -0.05) is 6.08 Å². The van der Waals surface area contributed by atoms with Gasteiger partial charge in [0.05, 0.1) is 0 Å². The fourth-order valence-electron chi connectivity index (χ4n) is 1.45. The van der Waals surface area contributed by atoms with Gasteiger partial charge >= 0.3 is 0 Å². The fraction of sp³-hybridized carbons (Fsp3) is 0.417. The highest BCUT2D eigenvalue weighted by molar-refractivity contribution is 5.42. The van der Waals surface area contributed by atoms with Crippen LogP contribution in [-0.2, 0) is 6.54 Å². The molecule has 0 fully saturated rings. The maximum atomic E-state index is 5.60. The van der Waals surface area contributed by atoms with E-state index in [2.05, 4.69) is 30.3 Å². The van der Waals surface area contributed by atoms with E-state index in [1.807, 2.05) is 18.2 Å². The molecule has 3 heteroatoms. The largest absolute Gasteiger partial charge is 0.350 e. The van der Waals surface area contributed by atoms with Crippen molar-refractivity contribution >= 4 is 5.82 Å². The van der Waals surface area contributed by atoms with E-state index in [0.717, 1.165) is 17.9 Å². The van der Waals surface area contributed by atoms with Crippen LogP contribution in [0.15, 0.2) is 31.0 Å². The van der Waals surface area contributed by atoms with Crippen LogP contribution in [0.1, 0.15) is 19.4 Å². The molecule has 0 aromatic carbocycles. The van der Waals surface area contributed by atoms with Gasteiger partial charge in [-0.15, -0.1) is 6.58 Å². The summed E-state index contributed by atoms with van der Waals surface area (Å²) in [6, 6.07) is 4.38. The lowest BCUT2D eigenvalue weighted by molar-refractivity contribution is 0.711. The van der Waals surface area contributed by atoms with Crippen LogP contribution in [0.3, 0.4) is 0 Å². The van der Waals surface area contributed by atoms with Crippen molar-refractivity contribution in [3.63, 3.8) is 0 Å². The molecule has 15 heavy (non-hydrogen) atoms. The first-order valence-electron chi connectivity index (χ1n) is 5.21. The lowest BCUT2D eigenvalue weighted by Gasteiger charge is -2.26. The fourth-order valence-corrected chi connectivity index (χ4v) is 1.45. The molecule has 0 saturated heterocycles. The first-order valence-corrected chi connectivity index (χ1v) is 5.21. The number of hydrogen-bond donors (Lipinski definition) is 1. The Morgan fingerprint density at radius 3 is 2.87 bits per heavy atom. The van der Waals surface area contributed by atoms with Gasteiger partial charge < -0.3 is 10.6 Å². The molecule has 0 amide bonds. The van der Waals surface area contributed by atoms with Crippen LogP contribution in [0, 0.1) is 0 Å². The Hall–Kier alpha value is -1.35. The second kappa shape index (κ2) is 5.51. The highest BCUT2D eigenvalue weighted by Gasteiger charge is 2.09. The third kappa shape index (κ3) is 3.06. The SMILES string of the molecule is C=CCN(c1cc(CN)ccn1)C(C)C. The van der Waals surface area contributed by atoms with Gasteiger partial charge in [0.2, 0.25) is 0 Å². The molecule has 1 aromatic rings. The standard InChI is InChI=1S/C12H19N3/c1-4-7-15(10(2)3)12-8-11(9-13)5-6-14-12/h4-6,8,10H,1,7,9,13H2,2-3H3. The number of rotatable bonds is 5. The van der Waals surface area contributed by atoms with Gasteiger partial charge in [-0.25, -0.2) is 4.98 Å². The van der Waals surface area contributed by atoms with Gasteiger partial charge in [0.25, 0.3) is 0 Å². The number of hydrogen-bond acceptors (Lipinski definition) is 3. The third-order valence-corrected chi connectivity index (χ3v) is 2.29. The lowest BCUT2D eigenvalue weighted by atomic mass is 10.2. The molecule has 0 unspecified atom stereocenters. The molecular weight excluding hydrogens is 186 g/mol. The molecule has 0 saturated carbocycles. The zero-order valence-corrected chi connectivity index (χ0v) is 9.48. The minimum Gasteiger partial charge on any atom is -0.350 e. The van der Waals surface area contributed by atoms with Gasteiger partial charge in [-0.2, -0.15) is 0 Å². The van der Waals surface area contributed by atoms with E-state index in [1.54, 1.807) is 6.20 Å². The maximum Gasteiger partial charge on any atom is 0.129 e. The van der Waals surface area contributed by atoms with E-state index in [9.17, 15) is 0 Å². The van der Waals surface area contributed by atoms with Crippen LogP contribution in [0.5, 0.6) is 0 Å². The van der Waals surface area contributed by atoms with Crippen molar-refractivity contribution in [3.05, 3.63) is 36.5 Å². The predicted molar refractivity (Wildman–Crippen MR) is 64.8 cm³/mol. The molecule has 3 nitrogen and oxygen atoms in total. The lowest BCUT2D eigenvalue weighted by Crippen LogP contribution is -2.31. The van der Waals surface area contributed by atoms with E-state index in [1.165, 1.54) is 0 Å². The smallest absolute Gasteiger partial charge is 0.129 e. The number of anilines is 1. The molecule has 0 spiro atoms. The first kappa shape index (κ1) is 11.7. The van der Waals surface area contributed by atoms with Crippen molar-refractivity contribution in [2.45, 2.75) is 26.4 Å². The predicted octanol–water partition coefficient (Wildman–Crippen LogP) is 1.94. The molecule has 1 aromatic heterocycles. The van der Waals surface area contributed by atoms with Crippen molar-refractivity contribution < 1.29 is 0 Å². The third-order valence-electron chi connectivity index (χ3n) is 2.29. The molecular formula is C12H19N3. The summed E-state index contributed by atoms with van der Waals surface area (Å²) >= 11 is 0. The van der Waals surface area contributed by atoms with Crippen LogP contribution in [0.25, 0.3) is 0 Å². The number of aromatic nitrogens is 1. The summed E-state index contributed by atoms with van der Waals surface area (Å²) < 4.78 is 0. The Labute approximate surface area is 91.6 Å². The number of nitrogens with two attached hydrogens (primary N) is 1. The van der Waals surface area contributed by atoms with Crippen LogP contribution in [0.2, 0.25) is 0 Å². The molecule has 0 aliphatic heterocycles. The van der Waals surface area contributed by atoms with Gasteiger partial charge in [0.1, 0.15) is 5.82 Å². The van der Waals surface area contributed by atoms with Crippen LogP contribution >= 0.6 is 0 Å². The Balaban J connectivity index is 2.94. The van der Waals surface area contributed by atoms with Crippen molar-refractivity contribution in [1.29, 1.82) is 0 Å². The van der Waals surface area contributed by atoms with Crippen molar-refractivity contribution in [2.75, 3.05) is 11.4 Å². The van der Waals surface area contributed by atoms with E-state index in [0.29, 0.717) is 12.6 Å². The van der Waals surface area contributed by atoms with E-state index in [4.69, 9.17) is 5.73 Å². The topological polar surface area (TPSA) is 42.1 Å². The molecule has 82 valence electrons. The summed E-state index contributed by atoms with van der Waals surface area (Å²) in [5.74, 6) is 0.966. The summed E-state index contributed by atoms with van der Waals surface area (Å²) in [6.45, 7) is 9.39. The Morgan fingerprint density at radius 1 is 1.60 bits per heavy atom. The minimum atomic E-state index is 0.406. The van der Waals surface area contributed by atoms with E-state index in [-0.39, 0.29) is 0 Å². The molecule has 1 heterocycles. The summed E-state index contributed by atoms with van der Waals surface area (Å²) in [4.78, 5) is 6.54. The molecule has 0 aliphatic rings. The summed E-state index contributed by atoms with van der Waals surface area (Å²) in [5, 5.41) is 0. The Morgan fingerprint density at radius 2 is 2.33 bits per heavy atom. The summed E-state index contributed by atoms with van der Waals surface area (Å²) in [7, 11) is 0. The quantitative estimate of drug-likeness (QED) is 0.747. The van der Waals surface area contributed by atoms with Crippen LogP contribution in [0.4, 0.5) is 5.82 Å². The minimum absolute atomic E-state index is 0.406. The van der Waals surface area contributed by atoms with Crippen LogP contribution < -0.4 is 10.6 Å². The second-order valence-corrected chi connectivity index (χ2v) is 3.76. The monoisotopic (exact) mass is 205 g/mol. The normalized spacial score (nSPS) is 10.4. The maximum absolute atomic E-state index is 5.60. The zero-order chi connectivity index (χ0) is 11.3. The molecule has 0 aliphatic carbocycles. The number of pyridine rings is 1. The molecule has 0 bridgehead atoms. The molecule has 0 atom stereocenters. The van der Waals surface area contributed by atoms with Gasteiger partial charge in [-0.3, -0.25) is 0 Å². The Bertz CT molecular complexity index is 320. The van der Waals surface area contributed by atoms with E-state index >= 15 is 0 Å². The second-order valence-electron chi connectivity index (χ2n) is 3.76. The average Bonchev–Trinajstić information content (AvgIpc) is 2.25. The van der Waals surface area contributed by atoms with Crippen molar-refractivity contribution in [2.24, 2.45) is 5.73 Å². The summed E-state index contributed by atoms with van der Waals surface area (Å²) in [6.07, 6.45) is 3.69. The van der Waals surface area contributed by atoms with E-state index < -0.39 is 0 Å².